The minimum atomic E-state index is -0.194. The monoisotopic (exact) mass is 294 g/mol. The zero-order chi connectivity index (χ0) is 13.8. The van der Waals surface area contributed by atoms with E-state index in [9.17, 15) is 4.79 Å². The third-order valence-corrected chi connectivity index (χ3v) is 3.27. The Balaban J connectivity index is 2.10. The Morgan fingerprint density at radius 2 is 1.84 bits per heavy atom. The molecule has 0 atom stereocenters. The van der Waals surface area contributed by atoms with E-state index in [4.69, 9.17) is 28.9 Å². The van der Waals surface area contributed by atoms with Crippen molar-refractivity contribution in [3.63, 3.8) is 0 Å². The number of hydrogen-bond acceptors (Lipinski definition) is 2. The van der Waals surface area contributed by atoms with Crippen molar-refractivity contribution in [1.82, 2.24) is 0 Å². The van der Waals surface area contributed by atoms with Crippen molar-refractivity contribution in [2.45, 2.75) is 6.42 Å². The van der Waals surface area contributed by atoms with Crippen LogP contribution in [0, 0.1) is 0 Å². The molecule has 0 aliphatic carbocycles. The molecular formula is C14H12Cl2N2O. The van der Waals surface area contributed by atoms with E-state index in [1.54, 1.807) is 24.3 Å². The first-order valence-electron chi connectivity index (χ1n) is 5.64. The van der Waals surface area contributed by atoms with E-state index in [0.717, 1.165) is 5.56 Å². The fourth-order valence-electron chi connectivity index (χ4n) is 1.65. The minimum absolute atomic E-state index is 0.185. The van der Waals surface area contributed by atoms with Crippen molar-refractivity contribution in [3.05, 3.63) is 58.1 Å². The molecule has 2 aromatic carbocycles. The highest BCUT2D eigenvalue weighted by Crippen LogP contribution is 2.24. The van der Waals surface area contributed by atoms with Crippen LogP contribution in [0.2, 0.25) is 10.0 Å². The highest BCUT2D eigenvalue weighted by molar-refractivity contribution is 6.34. The molecule has 0 bridgehead atoms. The van der Waals surface area contributed by atoms with Gasteiger partial charge in [0.05, 0.1) is 17.1 Å². The summed E-state index contributed by atoms with van der Waals surface area (Å²) in [5.41, 5.74) is 7.45. The first-order valence-corrected chi connectivity index (χ1v) is 6.40. The van der Waals surface area contributed by atoms with Gasteiger partial charge in [-0.15, -0.1) is 0 Å². The number of anilines is 2. The molecule has 0 radical (unpaired) electrons. The number of hydrogen-bond donors (Lipinski definition) is 2. The molecule has 0 spiro atoms. The molecule has 98 valence electrons. The summed E-state index contributed by atoms with van der Waals surface area (Å²) in [5, 5.41) is 3.73. The molecule has 2 rings (SSSR count). The van der Waals surface area contributed by atoms with Crippen molar-refractivity contribution in [3.8, 4) is 0 Å². The Hall–Kier alpha value is -1.71. The van der Waals surface area contributed by atoms with E-state index in [-0.39, 0.29) is 12.3 Å². The van der Waals surface area contributed by atoms with Gasteiger partial charge in [0.25, 0.3) is 0 Å². The molecule has 3 nitrogen and oxygen atoms in total. The topological polar surface area (TPSA) is 55.1 Å². The highest BCUT2D eigenvalue weighted by Gasteiger charge is 2.09. The molecule has 1 amide bonds. The summed E-state index contributed by atoms with van der Waals surface area (Å²) in [7, 11) is 0. The van der Waals surface area contributed by atoms with E-state index in [2.05, 4.69) is 5.32 Å². The maximum atomic E-state index is 11.9. The molecule has 2 aromatic rings. The Morgan fingerprint density at radius 3 is 2.58 bits per heavy atom. The number of nitrogens with one attached hydrogen (secondary N) is 1. The number of amides is 1. The summed E-state index contributed by atoms with van der Waals surface area (Å²) < 4.78 is 0. The van der Waals surface area contributed by atoms with Crippen LogP contribution in [-0.2, 0) is 11.2 Å². The second kappa shape index (κ2) is 5.95. The van der Waals surface area contributed by atoms with Gasteiger partial charge >= 0.3 is 0 Å². The standard InChI is InChI=1S/C14H12Cl2N2O/c15-11-4-2-1-3-9(11)7-14(19)18-13-8-10(17)5-6-12(13)16/h1-6,8H,7,17H2,(H,18,19). The number of nitrogens with two attached hydrogens (primary N) is 1. The molecule has 0 saturated heterocycles. The van der Waals surface area contributed by atoms with Gasteiger partial charge in [-0.2, -0.15) is 0 Å². The van der Waals surface area contributed by atoms with Crippen LogP contribution in [0.25, 0.3) is 0 Å². The normalized spacial score (nSPS) is 10.2. The van der Waals surface area contributed by atoms with Crippen LogP contribution in [-0.4, -0.2) is 5.91 Å². The molecule has 0 fully saturated rings. The molecule has 0 aromatic heterocycles. The summed E-state index contributed by atoms with van der Waals surface area (Å²) in [6.07, 6.45) is 0.185. The van der Waals surface area contributed by atoms with E-state index >= 15 is 0 Å². The van der Waals surface area contributed by atoms with Crippen LogP contribution in [0.5, 0.6) is 0 Å². The van der Waals surface area contributed by atoms with E-state index in [1.807, 2.05) is 18.2 Å². The molecule has 0 heterocycles. The number of benzene rings is 2. The van der Waals surface area contributed by atoms with Crippen molar-refractivity contribution < 1.29 is 4.79 Å². The predicted octanol–water partition coefficient (Wildman–Crippen LogP) is 3.76. The number of rotatable bonds is 3. The SMILES string of the molecule is Nc1ccc(Cl)c(NC(=O)Cc2ccccc2Cl)c1. The van der Waals surface area contributed by atoms with Crippen molar-refractivity contribution in [2.24, 2.45) is 0 Å². The van der Waals surface area contributed by atoms with Gasteiger partial charge in [0, 0.05) is 10.7 Å². The Kier molecular flexibility index (Phi) is 4.30. The Labute approximate surface area is 121 Å². The largest absolute Gasteiger partial charge is 0.399 e. The summed E-state index contributed by atoms with van der Waals surface area (Å²) in [6, 6.07) is 12.1. The zero-order valence-electron chi connectivity index (χ0n) is 9.99. The Morgan fingerprint density at radius 1 is 1.11 bits per heavy atom. The fraction of sp³-hybridized carbons (Fsp3) is 0.0714. The van der Waals surface area contributed by atoms with Crippen LogP contribution in [0.1, 0.15) is 5.56 Å². The Bertz CT molecular complexity index is 614. The first-order chi connectivity index (χ1) is 9.06. The molecule has 19 heavy (non-hydrogen) atoms. The lowest BCUT2D eigenvalue weighted by Gasteiger charge is -2.08. The van der Waals surface area contributed by atoms with Gasteiger partial charge in [-0.1, -0.05) is 41.4 Å². The number of carbonyl (C=O) groups excluding carboxylic acids is 1. The maximum Gasteiger partial charge on any atom is 0.228 e. The van der Waals surface area contributed by atoms with Gasteiger partial charge in [0.15, 0.2) is 0 Å². The van der Waals surface area contributed by atoms with Crippen molar-refractivity contribution >= 4 is 40.5 Å². The van der Waals surface area contributed by atoms with Gasteiger partial charge in [-0.25, -0.2) is 0 Å². The summed E-state index contributed by atoms with van der Waals surface area (Å²) in [6.45, 7) is 0. The predicted molar refractivity (Wildman–Crippen MR) is 79.7 cm³/mol. The molecule has 0 aliphatic rings. The van der Waals surface area contributed by atoms with Crippen molar-refractivity contribution in [1.29, 1.82) is 0 Å². The lowest BCUT2D eigenvalue weighted by atomic mass is 10.1. The lowest BCUT2D eigenvalue weighted by molar-refractivity contribution is -0.115. The van der Waals surface area contributed by atoms with Gasteiger partial charge in [0.2, 0.25) is 5.91 Å². The quantitative estimate of drug-likeness (QED) is 0.847. The second-order valence-electron chi connectivity index (χ2n) is 4.06. The molecule has 3 N–H and O–H groups in total. The van der Waals surface area contributed by atoms with Gasteiger partial charge in [-0.05, 0) is 29.8 Å². The fourth-order valence-corrected chi connectivity index (χ4v) is 2.02. The van der Waals surface area contributed by atoms with Crippen LogP contribution in [0.3, 0.4) is 0 Å². The molecule has 0 saturated carbocycles. The third-order valence-electron chi connectivity index (χ3n) is 2.57. The summed E-state index contributed by atoms with van der Waals surface area (Å²) >= 11 is 12.0. The summed E-state index contributed by atoms with van der Waals surface area (Å²) in [5.74, 6) is -0.194. The number of nitrogen functional groups attached to an aromatic ring is 1. The first kappa shape index (κ1) is 13.7. The number of halogens is 2. The molecule has 0 unspecified atom stereocenters. The summed E-state index contributed by atoms with van der Waals surface area (Å²) in [4.78, 5) is 11.9. The molecule has 0 aliphatic heterocycles. The maximum absolute atomic E-state index is 11.9. The van der Waals surface area contributed by atoms with Crippen LogP contribution < -0.4 is 11.1 Å². The zero-order valence-corrected chi connectivity index (χ0v) is 11.5. The molecular weight excluding hydrogens is 283 g/mol. The van der Waals surface area contributed by atoms with Crippen LogP contribution in [0.15, 0.2) is 42.5 Å². The van der Waals surface area contributed by atoms with Gasteiger partial charge in [0.1, 0.15) is 0 Å². The van der Waals surface area contributed by atoms with Crippen LogP contribution >= 0.6 is 23.2 Å². The minimum Gasteiger partial charge on any atom is -0.399 e. The van der Waals surface area contributed by atoms with Crippen LogP contribution in [0.4, 0.5) is 11.4 Å². The van der Waals surface area contributed by atoms with Crippen molar-refractivity contribution in [2.75, 3.05) is 11.1 Å². The highest BCUT2D eigenvalue weighted by atomic mass is 35.5. The van der Waals surface area contributed by atoms with Gasteiger partial charge < -0.3 is 11.1 Å². The van der Waals surface area contributed by atoms with E-state index < -0.39 is 0 Å². The van der Waals surface area contributed by atoms with Gasteiger partial charge in [-0.3, -0.25) is 4.79 Å². The number of carbonyl (C=O) groups is 1. The van der Waals surface area contributed by atoms with E-state index in [1.165, 1.54) is 0 Å². The molecule has 5 heteroatoms. The van der Waals surface area contributed by atoms with E-state index in [0.29, 0.717) is 21.4 Å². The second-order valence-corrected chi connectivity index (χ2v) is 4.87. The average molecular weight is 295 g/mol. The lowest BCUT2D eigenvalue weighted by Crippen LogP contribution is -2.15. The third kappa shape index (κ3) is 3.63. The average Bonchev–Trinajstić information content (AvgIpc) is 2.37. The smallest absolute Gasteiger partial charge is 0.228 e.